The van der Waals surface area contributed by atoms with Crippen LogP contribution in [0.15, 0.2) is 53.7 Å². The number of carbonyl (C=O) groups excluding carboxylic acids is 1. The molecule has 27 heavy (non-hydrogen) atoms. The minimum absolute atomic E-state index is 0.0935. The maximum atomic E-state index is 13.1. The molecule has 0 saturated heterocycles. The van der Waals surface area contributed by atoms with Gasteiger partial charge in [-0.15, -0.1) is 0 Å². The monoisotopic (exact) mass is 368 g/mol. The summed E-state index contributed by atoms with van der Waals surface area (Å²) in [5.74, 6) is -0.127. The summed E-state index contributed by atoms with van der Waals surface area (Å²) in [6.45, 7) is 6.04. The fourth-order valence-corrected chi connectivity index (χ4v) is 3.10. The molecule has 0 aliphatic carbocycles. The lowest BCUT2D eigenvalue weighted by atomic mass is 9.99. The Hall–Kier alpha value is -2.66. The van der Waals surface area contributed by atoms with Crippen molar-refractivity contribution in [3.63, 3.8) is 0 Å². The van der Waals surface area contributed by atoms with E-state index in [-0.39, 0.29) is 18.6 Å². The summed E-state index contributed by atoms with van der Waals surface area (Å²) in [4.78, 5) is 19.5. The Kier molecular flexibility index (Phi) is 7.55. The van der Waals surface area contributed by atoms with Gasteiger partial charge in [-0.25, -0.2) is 0 Å². The third-order valence-corrected chi connectivity index (χ3v) is 4.62. The SMILES string of the molecule is CC[C@@H](CO)N(C/C(C)=N\OC)C(=O)c1ccc(-c2ccccc2C)cc1. The number of hydrogen-bond acceptors (Lipinski definition) is 4. The molecule has 0 spiro atoms. The molecule has 1 amide bonds. The first-order valence-electron chi connectivity index (χ1n) is 9.16. The number of aryl methyl sites for hydroxylation is 1. The molecule has 0 aliphatic heterocycles. The number of amides is 1. The molecule has 2 aromatic rings. The smallest absolute Gasteiger partial charge is 0.254 e. The van der Waals surface area contributed by atoms with Crippen molar-refractivity contribution in [3.05, 3.63) is 59.7 Å². The Morgan fingerprint density at radius 1 is 1.19 bits per heavy atom. The van der Waals surface area contributed by atoms with Crippen LogP contribution in [0, 0.1) is 6.92 Å². The first-order chi connectivity index (χ1) is 13.0. The van der Waals surface area contributed by atoms with E-state index in [0.29, 0.717) is 24.2 Å². The zero-order chi connectivity index (χ0) is 19.8. The van der Waals surface area contributed by atoms with Crippen molar-refractivity contribution < 1.29 is 14.7 Å². The normalized spacial score (nSPS) is 12.6. The highest BCUT2D eigenvalue weighted by molar-refractivity contribution is 5.98. The standard InChI is InChI=1S/C22H28N2O3/c1-5-20(15-25)24(14-17(3)23-27-4)22(26)19-12-10-18(11-13-19)21-9-7-6-8-16(21)2/h6-13,20,25H,5,14-15H2,1-4H3/b23-17-/t20-/m0/s1. The van der Waals surface area contributed by atoms with E-state index >= 15 is 0 Å². The highest BCUT2D eigenvalue weighted by Gasteiger charge is 2.24. The number of oxime groups is 1. The van der Waals surface area contributed by atoms with Gasteiger partial charge >= 0.3 is 0 Å². The van der Waals surface area contributed by atoms with Gasteiger partial charge in [0.2, 0.25) is 0 Å². The van der Waals surface area contributed by atoms with Crippen molar-refractivity contribution in [2.75, 3.05) is 20.3 Å². The molecule has 144 valence electrons. The average Bonchev–Trinajstić information content (AvgIpc) is 2.68. The van der Waals surface area contributed by atoms with E-state index in [1.807, 2.05) is 43.3 Å². The molecule has 5 nitrogen and oxygen atoms in total. The van der Waals surface area contributed by atoms with Gasteiger partial charge < -0.3 is 14.8 Å². The van der Waals surface area contributed by atoms with Gasteiger partial charge in [-0.3, -0.25) is 4.79 Å². The van der Waals surface area contributed by atoms with Crippen LogP contribution in [0.25, 0.3) is 11.1 Å². The van der Waals surface area contributed by atoms with Crippen LogP contribution in [-0.2, 0) is 4.84 Å². The van der Waals surface area contributed by atoms with E-state index < -0.39 is 0 Å². The molecule has 1 N–H and O–H groups in total. The van der Waals surface area contributed by atoms with Crippen LogP contribution in [-0.4, -0.2) is 47.9 Å². The molecule has 0 radical (unpaired) electrons. The number of rotatable bonds is 8. The first-order valence-corrected chi connectivity index (χ1v) is 9.16. The molecular weight excluding hydrogens is 340 g/mol. The van der Waals surface area contributed by atoms with Crippen LogP contribution < -0.4 is 0 Å². The summed E-state index contributed by atoms with van der Waals surface area (Å²) in [6.07, 6.45) is 0.657. The second-order valence-electron chi connectivity index (χ2n) is 6.58. The zero-order valence-electron chi connectivity index (χ0n) is 16.5. The molecule has 0 aromatic heterocycles. The highest BCUT2D eigenvalue weighted by Crippen LogP contribution is 2.24. The number of aliphatic hydroxyl groups is 1. The van der Waals surface area contributed by atoms with Gasteiger partial charge in [0.1, 0.15) is 7.11 Å². The summed E-state index contributed by atoms with van der Waals surface area (Å²) in [6, 6.07) is 15.5. The summed E-state index contributed by atoms with van der Waals surface area (Å²) < 4.78 is 0. The van der Waals surface area contributed by atoms with Gasteiger partial charge in [-0.2, -0.15) is 0 Å². The summed E-state index contributed by atoms with van der Waals surface area (Å²) in [5.41, 5.74) is 4.68. The molecule has 0 bridgehead atoms. The predicted molar refractivity (Wildman–Crippen MR) is 109 cm³/mol. The highest BCUT2D eigenvalue weighted by atomic mass is 16.6. The third-order valence-electron chi connectivity index (χ3n) is 4.62. The van der Waals surface area contributed by atoms with Gasteiger partial charge in [0.05, 0.1) is 24.9 Å². The van der Waals surface area contributed by atoms with Crippen LogP contribution in [0.3, 0.4) is 0 Å². The quantitative estimate of drug-likeness (QED) is 0.568. The van der Waals surface area contributed by atoms with Crippen molar-refractivity contribution in [2.45, 2.75) is 33.2 Å². The molecule has 2 rings (SSSR count). The molecular formula is C22H28N2O3. The number of aliphatic hydroxyl groups excluding tert-OH is 1. The molecule has 2 aromatic carbocycles. The minimum atomic E-state index is -0.268. The van der Waals surface area contributed by atoms with Crippen LogP contribution in [0.2, 0.25) is 0 Å². The van der Waals surface area contributed by atoms with Crippen molar-refractivity contribution in [3.8, 4) is 11.1 Å². The van der Waals surface area contributed by atoms with Gasteiger partial charge in [0.15, 0.2) is 0 Å². The second-order valence-corrected chi connectivity index (χ2v) is 6.58. The third kappa shape index (κ3) is 5.17. The second kappa shape index (κ2) is 9.88. The van der Waals surface area contributed by atoms with E-state index in [0.717, 1.165) is 11.1 Å². The predicted octanol–water partition coefficient (Wildman–Crippen LogP) is 3.90. The maximum Gasteiger partial charge on any atom is 0.254 e. The van der Waals surface area contributed by atoms with Crippen LogP contribution in [0.5, 0.6) is 0 Å². The molecule has 0 unspecified atom stereocenters. The molecule has 0 fully saturated rings. The summed E-state index contributed by atoms with van der Waals surface area (Å²) >= 11 is 0. The topological polar surface area (TPSA) is 62.1 Å². The van der Waals surface area contributed by atoms with Crippen LogP contribution in [0.1, 0.15) is 36.2 Å². The summed E-state index contributed by atoms with van der Waals surface area (Å²) in [5, 5.41) is 13.6. The molecule has 0 heterocycles. The van der Waals surface area contributed by atoms with Crippen LogP contribution >= 0.6 is 0 Å². The van der Waals surface area contributed by atoms with Gasteiger partial charge in [-0.05, 0) is 49.1 Å². The fourth-order valence-electron chi connectivity index (χ4n) is 3.10. The average molecular weight is 368 g/mol. The molecule has 0 saturated carbocycles. The lowest BCUT2D eigenvalue weighted by molar-refractivity contribution is 0.0624. The maximum absolute atomic E-state index is 13.1. The summed E-state index contributed by atoms with van der Waals surface area (Å²) in [7, 11) is 1.48. The number of hydrogen-bond donors (Lipinski definition) is 1. The Balaban J connectivity index is 2.29. The minimum Gasteiger partial charge on any atom is -0.399 e. The van der Waals surface area contributed by atoms with Crippen molar-refractivity contribution >= 4 is 11.6 Å². The van der Waals surface area contributed by atoms with E-state index in [1.54, 1.807) is 11.8 Å². The Labute approximate surface area is 161 Å². The van der Waals surface area contributed by atoms with Crippen molar-refractivity contribution in [1.29, 1.82) is 0 Å². The number of benzene rings is 2. The number of carbonyl (C=O) groups is 1. The van der Waals surface area contributed by atoms with E-state index in [1.165, 1.54) is 12.7 Å². The largest absolute Gasteiger partial charge is 0.399 e. The van der Waals surface area contributed by atoms with Gasteiger partial charge in [0, 0.05) is 5.56 Å². The van der Waals surface area contributed by atoms with E-state index in [2.05, 4.69) is 24.2 Å². The molecule has 0 aliphatic rings. The Morgan fingerprint density at radius 3 is 2.41 bits per heavy atom. The first kappa shape index (κ1) is 20.6. The van der Waals surface area contributed by atoms with E-state index in [4.69, 9.17) is 4.84 Å². The Bertz CT molecular complexity index is 780. The van der Waals surface area contributed by atoms with Gasteiger partial charge in [-0.1, -0.05) is 48.5 Å². The molecule has 1 atom stereocenters. The lowest BCUT2D eigenvalue weighted by Crippen LogP contribution is -2.44. The van der Waals surface area contributed by atoms with Crippen LogP contribution in [0.4, 0.5) is 0 Å². The Morgan fingerprint density at radius 2 is 1.85 bits per heavy atom. The van der Waals surface area contributed by atoms with Gasteiger partial charge in [0.25, 0.3) is 5.91 Å². The molecule has 5 heteroatoms. The fraction of sp³-hybridized carbons (Fsp3) is 0.364. The van der Waals surface area contributed by atoms with E-state index in [9.17, 15) is 9.90 Å². The number of nitrogens with zero attached hydrogens (tertiary/aromatic N) is 2. The van der Waals surface area contributed by atoms with Crippen molar-refractivity contribution in [2.24, 2.45) is 5.16 Å². The zero-order valence-corrected chi connectivity index (χ0v) is 16.5. The lowest BCUT2D eigenvalue weighted by Gasteiger charge is -2.30. The van der Waals surface area contributed by atoms with Crippen molar-refractivity contribution in [1.82, 2.24) is 4.90 Å².